The molecule has 0 rings (SSSR count). The summed E-state index contributed by atoms with van der Waals surface area (Å²) in [7, 11) is 0. The molecular weight excluding hydrogens is 278 g/mol. The van der Waals surface area contributed by atoms with Crippen molar-refractivity contribution in [1.29, 1.82) is 0 Å². The first-order valence-electron chi connectivity index (χ1n) is 11.1. The molecule has 0 N–H and O–H groups in total. The van der Waals surface area contributed by atoms with Gasteiger partial charge in [0.1, 0.15) is 0 Å². The number of rotatable bonds is 19. The van der Waals surface area contributed by atoms with Crippen molar-refractivity contribution in [3.63, 3.8) is 0 Å². The molecule has 0 bridgehead atoms. The molecule has 0 aromatic carbocycles. The van der Waals surface area contributed by atoms with Crippen molar-refractivity contribution in [3.8, 4) is 0 Å². The van der Waals surface area contributed by atoms with Crippen LogP contribution in [-0.2, 0) is 0 Å². The molecule has 0 aliphatic carbocycles. The summed E-state index contributed by atoms with van der Waals surface area (Å²) in [5, 5.41) is 0. The molecule has 0 aromatic heterocycles. The van der Waals surface area contributed by atoms with E-state index < -0.39 is 0 Å². The zero-order valence-corrected chi connectivity index (χ0v) is 16.9. The zero-order valence-electron chi connectivity index (χ0n) is 16.9. The van der Waals surface area contributed by atoms with Gasteiger partial charge in [0.25, 0.3) is 0 Å². The molecule has 0 spiro atoms. The Morgan fingerprint density at radius 3 is 1.04 bits per heavy atom. The Hall–Kier alpha value is -0.0400. The van der Waals surface area contributed by atoms with E-state index >= 15 is 0 Å². The number of nitrogens with zero attached hydrogens (tertiary/aromatic N) is 1. The predicted octanol–water partition coefficient (Wildman–Crippen LogP) is 7.59. The van der Waals surface area contributed by atoms with Crippen molar-refractivity contribution in [2.24, 2.45) is 0 Å². The van der Waals surface area contributed by atoms with Gasteiger partial charge >= 0.3 is 0 Å². The van der Waals surface area contributed by atoms with Crippen LogP contribution in [0.4, 0.5) is 0 Å². The normalized spacial score (nSPS) is 11.5. The monoisotopic (exact) mass is 325 g/mol. The minimum Gasteiger partial charge on any atom is -0.303 e. The Balaban J connectivity index is 3.31. The molecule has 0 fully saturated rings. The molecule has 23 heavy (non-hydrogen) atoms. The fourth-order valence-electron chi connectivity index (χ4n) is 3.28. The Kier molecular flexibility index (Phi) is 20.0. The Morgan fingerprint density at radius 2 is 0.652 bits per heavy atom. The highest BCUT2D eigenvalue weighted by atomic mass is 15.1. The Labute approximate surface area is 148 Å². The van der Waals surface area contributed by atoms with Crippen molar-refractivity contribution in [2.75, 3.05) is 19.6 Å². The van der Waals surface area contributed by atoms with Gasteiger partial charge in [0.05, 0.1) is 0 Å². The van der Waals surface area contributed by atoms with Crippen molar-refractivity contribution in [3.05, 3.63) is 0 Å². The molecule has 0 amide bonds. The highest BCUT2D eigenvalue weighted by Gasteiger charge is 2.03. The lowest BCUT2D eigenvalue weighted by atomic mass is 10.1. The van der Waals surface area contributed by atoms with Gasteiger partial charge in [0.2, 0.25) is 0 Å². The van der Waals surface area contributed by atoms with Crippen LogP contribution in [0.5, 0.6) is 0 Å². The van der Waals surface area contributed by atoms with Crippen molar-refractivity contribution >= 4 is 0 Å². The van der Waals surface area contributed by atoms with Gasteiger partial charge in [0, 0.05) is 0 Å². The second kappa shape index (κ2) is 20.0. The van der Waals surface area contributed by atoms with Gasteiger partial charge in [-0.05, 0) is 38.9 Å². The van der Waals surface area contributed by atoms with E-state index in [9.17, 15) is 0 Å². The average molecular weight is 326 g/mol. The van der Waals surface area contributed by atoms with Gasteiger partial charge in [-0.15, -0.1) is 0 Å². The lowest BCUT2D eigenvalue weighted by molar-refractivity contribution is 0.259. The highest BCUT2D eigenvalue weighted by Crippen LogP contribution is 2.12. The van der Waals surface area contributed by atoms with E-state index in [2.05, 4.69) is 25.7 Å². The lowest BCUT2D eigenvalue weighted by Crippen LogP contribution is -2.27. The Bertz CT molecular complexity index is 194. The molecular formula is C22H47N. The van der Waals surface area contributed by atoms with Crippen LogP contribution in [0.3, 0.4) is 0 Å². The van der Waals surface area contributed by atoms with Crippen molar-refractivity contribution in [2.45, 2.75) is 124 Å². The fraction of sp³-hybridized carbons (Fsp3) is 1.00. The molecule has 140 valence electrons. The molecule has 0 heterocycles. The van der Waals surface area contributed by atoms with Crippen LogP contribution in [0, 0.1) is 0 Å². The van der Waals surface area contributed by atoms with Gasteiger partial charge in [-0.3, -0.25) is 0 Å². The summed E-state index contributed by atoms with van der Waals surface area (Å²) in [6, 6.07) is 0. The van der Waals surface area contributed by atoms with Crippen molar-refractivity contribution < 1.29 is 0 Å². The maximum Gasteiger partial charge on any atom is -0.00187 e. The summed E-state index contributed by atoms with van der Waals surface area (Å²) in [5.41, 5.74) is 0. The fourth-order valence-corrected chi connectivity index (χ4v) is 3.28. The van der Waals surface area contributed by atoms with Crippen LogP contribution in [0.25, 0.3) is 0 Å². The van der Waals surface area contributed by atoms with Crippen LogP contribution >= 0.6 is 0 Å². The van der Waals surface area contributed by atoms with Gasteiger partial charge in [-0.2, -0.15) is 0 Å². The van der Waals surface area contributed by atoms with Gasteiger partial charge < -0.3 is 4.90 Å². The summed E-state index contributed by atoms with van der Waals surface area (Å²) >= 11 is 0. The van der Waals surface area contributed by atoms with Crippen LogP contribution in [-0.4, -0.2) is 24.5 Å². The molecule has 0 atom stereocenters. The third kappa shape index (κ3) is 18.1. The molecule has 0 unspecified atom stereocenters. The number of hydrogen-bond donors (Lipinski definition) is 0. The second-order valence-corrected chi connectivity index (χ2v) is 7.44. The first kappa shape index (κ1) is 23.0. The van der Waals surface area contributed by atoms with Gasteiger partial charge in [0.15, 0.2) is 0 Å². The third-order valence-electron chi connectivity index (χ3n) is 4.98. The number of unbranched alkanes of at least 4 members (excludes halogenated alkanes) is 13. The summed E-state index contributed by atoms with van der Waals surface area (Å²) < 4.78 is 0. The van der Waals surface area contributed by atoms with E-state index in [1.165, 1.54) is 122 Å². The maximum absolute atomic E-state index is 2.71. The molecule has 0 aliphatic heterocycles. The van der Waals surface area contributed by atoms with Gasteiger partial charge in [-0.25, -0.2) is 0 Å². The van der Waals surface area contributed by atoms with Crippen LogP contribution in [0.1, 0.15) is 124 Å². The summed E-state index contributed by atoms with van der Waals surface area (Å²) in [4.78, 5) is 2.71. The highest BCUT2D eigenvalue weighted by molar-refractivity contribution is 4.58. The predicted molar refractivity (Wildman–Crippen MR) is 107 cm³/mol. The summed E-state index contributed by atoms with van der Waals surface area (Å²) in [6.07, 6.45) is 22.9. The van der Waals surface area contributed by atoms with E-state index in [0.717, 1.165) is 0 Å². The largest absolute Gasteiger partial charge is 0.303 e. The number of hydrogen-bond acceptors (Lipinski definition) is 1. The quantitative estimate of drug-likeness (QED) is 0.221. The first-order chi connectivity index (χ1) is 11.3. The smallest absolute Gasteiger partial charge is 0.00187 e. The molecule has 0 saturated heterocycles. The van der Waals surface area contributed by atoms with Crippen LogP contribution in [0.15, 0.2) is 0 Å². The van der Waals surface area contributed by atoms with Crippen LogP contribution in [0.2, 0.25) is 0 Å². The van der Waals surface area contributed by atoms with Crippen LogP contribution < -0.4 is 0 Å². The van der Waals surface area contributed by atoms with E-state index in [-0.39, 0.29) is 0 Å². The minimum absolute atomic E-state index is 1.33. The topological polar surface area (TPSA) is 3.24 Å². The maximum atomic E-state index is 2.71. The Morgan fingerprint density at radius 1 is 0.348 bits per heavy atom. The zero-order chi connectivity index (χ0) is 17.0. The average Bonchev–Trinajstić information content (AvgIpc) is 2.57. The molecule has 1 heteroatoms. The van der Waals surface area contributed by atoms with E-state index in [0.29, 0.717) is 0 Å². The van der Waals surface area contributed by atoms with E-state index in [1.807, 2.05) is 0 Å². The molecule has 1 nitrogen and oxygen atoms in total. The summed E-state index contributed by atoms with van der Waals surface area (Å²) in [5.74, 6) is 0. The SMILES string of the molecule is CCCCCCCCCCCCCCN(CCCC)CCCC. The third-order valence-corrected chi connectivity index (χ3v) is 4.98. The standard InChI is InChI=1S/C22H47N/c1-4-7-10-11-12-13-14-15-16-17-18-19-22-23(20-8-5-2)21-9-6-3/h4-22H2,1-3H3. The molecule has 0 saturated carbocycles. The molecule has 0 aromatic rings. The second-order valence-electron chi connectivity index (χ2n) is 7.44. The summed E-state index contributed by atoms with van der Waals surface area (Å²) in [6.45, 7) is 10.9. The molecule has 0 aliphatic rings. The van der Waals surface area contributed by atoms with E-state index in [4.69, 9.17) is 0 Å². The molecule has 0 radical (unpaired) electrons. The minimum atomic E-state index is 1.33. The first-order valence-corrected chi connectivity index (χ1v) is 11.1. The van der Waals surface area contributed by atoms with E-state index in [1.54, 1.807) is 0 Å². The van der Waals surface area contributed by atoms with Gasteiger partial charge in [-0.1, -0.05) is 104 Å². The lowest BCUT2D eigenvalue weighted by Gasteiger charge is -2.21. The van der Waals surface area contributed by atoms with Crippen molar-refractivity contribution in [1.82, 2.24) is 4.90 Å².